The highest BCUT2D eigenvalue weighted by molar-refractivity contribution is 6.35. The fourth-order valence-electron chi connectivity index (χ4n) is 5.15. The summed E-state index contributed by atoms with van der Waals surface area (Å²) in [6.07, 6.45) is -1.36. The van der Waals surface area contributed by atoms with E-state index in [1.54, 1.807) is 25.1 Å². The van der Waals surface area contributed by atoms with Gasteiger partial charge in [-0.25, -0.2) is 9.97 Å². The number of nitrogens with zero attached hydrogens (tertiary/aromatic N) is 4. The molecule has 212 valence electrons. The van der Waals surface area contributed by atoms with E-state index in [9.17, 15) is 18.0 Å². The predicted molar refractivity (Wildman–Crippen MR) is 147 cm³/mol. The number of alkyl halides is 3. The molecule has 0 bridgehead atoms. The number of likely N-dealkylation sites (tertiary alicyclic amines) is 1. The molecular formula is C26H32Cl2F3N7O. The Labute approximate surface area is 235 Å². The topological polar surface area (TPSA) is 97.2 Å². The molecule has 2 unspecified atom stereocenters. The number of carbonyl (C=O) groups is 1. The van der Waals surface area contributed by atoms with Crippen LogP contribution in [0.1, 0.15) is 44.0 Å². The van der Waals surface area contributed by atoms with Gasteiger partial charge in [-0.15, -0.1) is 0 Å². The number of hydrogen-bond donors (Lipinski definition) is 3. The highest BCUT2D eigenvalue weighted by Crippen LogP contribution is 2.35. The molecule has 8 nitrogen and oxygen atoms in total. The zero-order valence-corrected chi connectivity index (χ0v) is 23.3. The van der Waals surface area contributed by atoms with Gasteiger partial charge in [0, 0.05) is 49.7 Å². The minimum Gasteiger partial charge on any atom is -0.362 e. The second kappa shape index (κ2) is 12.3. The number of anilines is 2. The van der Waals surface area contributed by atoms with E-state index in [0.29, 0.717) is 39.8 Å². The van der Waals surface area contributed by atoms with Gasteiger partial charge >= 0.3 is 6.18 Å². The van der Waals surface area contributed by atoms with Gasteiger partial charge in [0.15, 0.2) is 11.5 Å². The van der Waals surface area contributed by atoms with Crippen LogP contribution < -0.4 is 15.5 Å². The molecular weight excluding hydrogens is 554 g/mol. The molecule has 3 N–H and O–H groups in total. The molecule has 2 aliphatic rings. The van der Waals surface area contributed by atoms with E-state index in [-0.39, 0.29) is 11.7 Å². The van der Waals surface area contributed by atoms with Crippen molar-refractivity contribution in [2.24, 2.45) is 11.8 Å². The van der Waals surface area contributed by atoms with Gasteiger partial charge < -0.3 is 20.4 Å². The second-order valence-electron chi connectivity index (χ2n) is 10.2. The fraction of sp³-hybridized carbons (Fsp3) is 0.538. The first-order valence-corrected chi connectivity index (χ1v) is 13.6. The van der Waals surface area contributed by atoms with Gasteiger partial charge in [-0.1, -0.05) is 29.3 Å². The zero-order chi connectivity index (χ0) is 28.3. The molecule has 0 radical (unpaired) electrons. The van der Waals surface area contributed by atoms with Crippen molar-refractivity contribution < 1.29 is 18.0 Å². The first-order chi connectivity index (χ1) is 18.4. The van der Waals surface area contributed by atoms with E-state index in [2.05, 4.69) is 25.5 Å². The van der Waals surface area contributed by atoms with Crippen molar-refractivity contribution in [3.8, 4) is 0 Å². The molecule has 2 aliphatic heterocycles. The molecule has 1 amide bonds. The van der Waals surface area contributed by atoms with E-state index in [0.717, 1.165) is 45.6 Å². The highest BCUT2D eigenvalue weighted by atomic mass is 35.5. The van der Waals surface area contributed by atoms with Crippen LogP contribution in [0.3, 0.4) is 0 Å². The molecule has 2 saturated heterocycles. The third-order valence-corrected chi connectivity index (χ3v) is 7.87. The number of nitrogens with one attached hydrogen (secondary N) is 3. The maximum Gasteiger partial charge on any atom is 0.434 e. The minimum absolute atomic E-state index is 0.0322. The van der Waals surface area contributed by atoms with Gasteiger partial charge in [-0.2, -0.15) is 13.2 Å². The number of rotatable bonds is 9. The maximum absolute atomic E-state index is 13.4. The number of aromatic nitrogens is 2. The zero-order valence-electron chi connectivity index (χ0n) is 21.8. The lowest BCUT2D eigenvalue weighted by Crippen LogP contribution is -2.54. The molecule has 0 spiro atoms. The molecule has 1 aromatic carbocycles. The SMILES string of the molecule is CC(=O)NCCN1CCCC(C2CN(c3cnc(C(=N)C(F)(F)F)c(NC(C)c4ccc(Cl)cc4Cl)n3)C2)C1. The summed E-state index contributed by atoms with van der Waals surface area (Å²) in [5.74, 6) is 1.24. The molecule has 13 heteroatoms. The second-order valence-corrected chi connectivity index (χ2v) is 11.0. The fourth-order valence-corrected chi connectivity index (χ4v) is 5.72. The lowest BCUT2D eigenvalue weighted by molar-refractivity contribution is -0.119. The van der Waals surface area contributed by atoms with Gasteiger partial charge in [-0.3, -0.25) is 10.2 Å². The minimum atomic E-state index is -4.87. The van der Waals surface area contributed by atoms with Crippen LogP contribution in [0, 0.1) is 17.2 Å². The van der Waals surface area contributed by atoms with Crippen molar-refractivity contribution >= 4 is 46.5 Å². The smallest absolute Gasteiger partial charge is 0.362 e. The Morgan fingerprint density at radius 3 is 2.64 bits per heavy atom. The van der Waals surface area contributed by atoms with Crippen molar-refractivity contribution in [2.45, 2.75) is 38.9 Å². The Hall–Kier alpha value is -2.63. The van der Waals surface area contributed by atoms with Crippen molar-refractivity contribution in [1.29, 1.82) is 5.41 Å². The van der Waals surface area contributed by atoms with E-state index in [4.69, 9.17) is 28.6 Å². The van der Waals surface area contributed by atoms with Gasteiger partial charge in [0.25, 0.3) is 0 Å². The summed E-state index contributed by atoms with van der Waals surface area (Å²) in [5.41, 5.74) is -1.51. The number of carbonyl (C=O) groups excluding carboxylic acids is 1. The predicted octanol–water partition coefficient (Wildman–Crippen LogP) is 5.17. The lowest BCUT2D eigenvalue weighted by Gasteiger charge is -2.47. The van der Waals surface area contributed by atoms with E-state index < -0.39 is 23.6 Å². The summed E-state index contributed by atoms with van der Waals surface area (Å²) in [4.78, 5) is 24.0. The standard InChI is InChI=1S/C26H32Cl2F3N7O/c1-15(20-6-5-19(27)10-21(20)28)35-25-23(24(32)26(29,30)31)34-11-22(36-25)38-13-18(14-38)17-4-3-8-37(12-17)9-7-33-16(2)39/h5-6,10-11,15,17-18,32H,3-4,7-9,12-14H2,1-2H3,(H,33,39)(H,35,36). The summed E-state index contributed by atoms with van der Waals surface area (Å²) < 4.78 is 40.3. The number of halogens is 5. The van der Waals surface area contributed by atoms with E-state index in [1.807, 2.05) is 4.90 Å². The van der Waals surface area contributed by atoms with Gasteiger partial charge in [0.1, 0.15) is 11.5 Å². The first kappa shape index (κ1) is 29.4. The summed E-state index contributed by atoms with van der Waals surface area (Å²) >= 11 is 12.3. The van der Waals surface area contributed by atoms with Crippen LogP contribution in [0.25, 0.3) is 0 Å². The molecule has 39 heavy (non-hydrogen) atoms. The average Bonchev–Trinajstić information content (AvgIpc) is 2.82. The number of hydrogen-bond acceptors (Lipinski definition) is 7. The van der Waals surface area contributed by atoms with Crippen molar-refractivity contribution in [1.82, 2.24) is 20.2 Å². The van der Waals surface area contributed by atoms with Crippen molar-refractivity contribution in [2.75, 3.05) is 49.5 Å². The molecule has 0 aliphatic carbocycles. The molecule has 4 rings (SSSR count). The lowest BCUT2D eigenvalue weighted by atomic mass is 9.80. The summed E-state index contributed by atoms with van der Waals surface area (Å²) in [6.45, 7) is 8.12. The molecule has 2 fully saturated rings. The van der Waals surface area contributed by atoms with E-state index >= 15 is 0 Å². The average molecular weight is 586 g/mol. The van der Waals surface area contributed by atoms with Gasteiger partial charge in [-0.05, 0) is 55.8 Å². The Bertz CT molecular complexity index is 1210. The normalized spacial score (nSPS) is 19.4. The summed E-state index contributed by atoms with van der Waals surface area (Å²) in [6, 6.07) is 4.38. The number of amides is 1. The Kier molecular flexibility index (Phi) is 9.23. The quantitative estimate of drug-likeness (QED) is 0.351. The monoisotopic (exact) mass is 585 g/mol. The van der Waals surface area contributed by atoms with Crippen molar-refractivity contribution in [3.05, 3.63) is 45.7 Å². The molecule has 1 aromatic heterocycles. The van der Waals surface area contributed by atoms with Crippen LogP contribution in [0.2, 0.25) is 10.0 Å². The Balaban J connectivity index is 1.46. The van der Waals surface area contributed by atoms with Crippen LogP contribution in [-0.4, -0.2) is 71.9 Å². The Morgan fingerprint density at radius 2 is 1.97 bits per heavy atom. The summed E-state index contributed by atoms with van der Waals surface area (Å²) in [5, 5.41) is 14.3. The first-order valence-electron chi connectivity index (χ1n) is 12.9. The van der Waals surface area contributed by atoms with E-state index in [1.165, 1.54) is 13.1 Å². The van der Waals surface area contributed by atoms with Crippen LogP contribution in [0.15, 0.2) is 24.4 Å². The molecule has 0 saturated carbocycles. The number of benzene rings is 1. The highest BCUT2D eigenvalue weighted by Gasteiger charge is 2.40. The molecule has 2 atom stereocenters. The molecule has 2 aromatic rings. The third-order valence-electron chi connectivity index (χ3n) is 7.31. The Morgan fingerprint density at radius 1 is 1.23 bits per heavy atom. The number of piperidine rings is 1. The van der Waals surface area contributed by atoms with Gasteiger partial charge in [0.2, 0.25) is 5.91 Å². The summed E-state index contributed by atoms with van der Waals surface area (Å²) in [7, 11) is 0. The molecule has 3 heterocycles. The third kappa shape index (κ3) is 7.32. The van der Waals surface area contributed by atoms with Gasteiger partial charge in [0.05, 0.1) is 12.2 Å². The largest absolute Gasteiger partial charge is 0.434 e. The maximum atomic E-state index is 13.4. The van der Waals surface area contributed by atoms with Crippen molar-refractivity contribution in [3.63, 3.8) is 0 Å². The van der Waals surface area contributed by atoms with Crippen LogP contribution in [0.5, 0.6) is 0 Å². The van der Waals surface area contributed by atoms with Crippen LogP contribution in [-0.2, 0) is 4.79 Å². The van der Waals surface area contributed by atoms with Crippen LogP contribution >= 0.6 is 23.2 Å². The van der Waals surface area contributed by atoms with Crippen LogP contribution in [0.4, 0.5) is 24.8 Å².